The number of quaternary nitrogens is 1. The van der Waals surface area contributed by atoms with Gasteiger partial charge in [0.2, 0.25) is 16.7 Å². The van der Waals surface area contributed by atoms with Gasteiger partial charge in [-0.3, -0.25) is 19.6 Å². The summed E-state index contributed by atoms with van der Waals surface area (Å²) in [5.41, 5.74) is 6.52. The lowest BCUT2D eigenvalue weighted by atomic mass is 10.1. The number of halogens is 3. The quantitative estimate of drug-likeness (QED) is 0.193. The van der Waals surface area contributed by atoms with Crippen LogP contribution in [0.5, 0.6) is 5.75 Å². The first-order valence-corrected chi connectivity index (χ1v) is 12.8. The predicted molar refractivity (Wildman–Crippen MR) is 134 cm³/mol. The minimum Gasteiger partial charge on any atom is -0.406 e. The van der Waals surface area contributed by atoms with E-state index in [9.17, 15) is 22.8 Å². The fourth-order valence-corrected chi connectivity index (χ4v) is 4.40. The van der Waals surface area contributed by atoms with Crippen molar-refractivity contribution in [2.75, 3.05) is 11.9 Å². The SMILES string of the molecule is O=C(Cc1cccc(OC(F)(F)F)c1)Nc1nnc(CCCCN2C=C(C(=O)NCc3cccnc3)[NH2+]N2)s1. The largest absolute Gasteiger partial charge is 0.573 e. The Bertz CT molecular complexity index is 1300. The van der Waals surface area contributed by atoms with E-state index in [1.54, 1.807) is 24.0 Å². The fraction of sp³-hybridized carbons (Fsp3) is 0.292. The van der Waals surface area contributed by atoms with Crippen LogP contribution in [-0.4, -0.2) is 44.9 Å². The van der Waals surface area contributed by atoms with Crippen molar-refractivity contribution >= 4 is 28.3 Å². The van der Waals surface area contributed by atoms with Gasteiger partial charge in [-0.05, 0) is 42.2 Å². The van der Waals surface area contributed by atoms with Gasteiger partial charge in [-0.2, -0.15) is 0 Å². The highest BCUT2D eigenvalue weighted by Gasteiger charge is 2.31. The Morgan fingerprint density at radius 1 is 1.13 bits per heavy atom. The molecule has 3 heterocycles. The van der Waals surface area contributed by atoms with Gasteiger partial charge < -0.3 is 15.4 Å². The first kappa shape index (κ1) is 27.9. The lowest BCUT2D eigenvalue weighted by Crippen LogP contribution is -2.92. The van der Waals surface area contributed by atoms with Gasteiger partial charge in [0.15, 0.2) is 0 Å². The van der Waals surface area contributed by atoms with Crippen molar-refractivity contribution in [3.63, 3.8) is 0 Å². The van der Waals surface area contributed by atoms with Gasteiger partial charge in [-0.1, -0.05) is 35.1 Å². The molecule has 0 spiro atoms. The van der Waals surface area contributed by atoms with E-state index in [0.717, 1.165) is 23.4 Å². The number of hydrogen-bond acceptors (Lipinski definition) is 9. The zero-order valence-electron chi connectivity index (χ0n) is 20.6. The van der Waals surface area contributed by atoms with Crippen LogP contribution in [0, 0.1) is 0 Å². The summed E-state index contributed by atoms with van der Waals surface area (Å²) < 4.78 is 41.1. The summed E-state index contributed by atoms with van der Waals surface area (Å²) in [5, 5.41) is 16.4. The van der Waals surface area contributed by atoms with Gasteiger partial charge in [-0.25, -0.2) is 5.43 Å². The van der Waals surface area contributed by atoms with Gasteiger partial charge in [0.1, 0.15) is 10.8 Å². The average molecular weight is 564 g/mol. The van der Waals surface area contributed by atoms with Crippen LogP contribution in [0.4, 0.5) is 18.3 Å². The minimum absolute atomic E-state index is 0.138. The van der Waals surface area contributed by atoms with Gasteiger partial charge in [0.25, 0.3) is 0 Å². The summed E-state index contributed by atoms with van der Waals surface area (Å²) in [6.45, 7) is 1.07. The first-order chi connectivity index (χ1) is 18.7. The molecule has 0 saturated heterocycles. The highest BCUT2D eigenvalue weighted by molar-refractivity contribution is 7.15. The van der Waals surface area contributed by atoms with Crippen LogP contribution < -0.4 is 26.3 Å². The number of hydrogen-bond donors (Lipinski definition) is 4. The van der Waals surface area contributed by atoms with Crippen molar-refractivity contribution in [1.29, 1.82) is 0 Å². The molecule has 0 unspecified atom stereocenters. The second-order valence-electron chi connectivity index (χ2n) is 8.47. The predicted octanol–water partition coefficient (Wildman–Crippen LogP) is 1.79. The van der Waals surface area contributed by atoms with Crippen molar-refractivity contribution in [2.24, 2.45) is 0 Å². The van der Waals surface area contributed by atoms with Crippen molar-refractivity contribution in [2.45, 2.75) is 38.6 Å². The van der Waals surface area contributed by atoms with Gasteiger partial charge >= 0.3 is 12.3 Å². The summed E-state index contributed by atoms with van der Waals surface area (Å²) in [4.78, 5) is 28.7. The molecular formula is C24H26F3N8O3S+. The fourth-order valence-electron chi connectivity index (χ4n) is 3.60. The number of carbonyl (C=O) groups is 2. The normalized spacial score (nSPS) is 13.2. The van der Waals surface area contributed by atoms with Crippen LogP contribution in [0.15, 0.2) is 60.7 Å². The Morgan fingerprint density at radius 2 is 1.97 bits per heavy atom. The molecule has 0 radical (unpaired) electrons. The zero-order valence-corrected chi connectivity index (χ0v) is 21.4. The molecule has 11 nitrogen and oxygen atoms in total. The van der Waals surface area contributed by atoms with Crippen molar-refractivity contribution in [1.82, 2.24) is 31.0 Å². The van der Waals surface area contributed by atoms with Crippen LogP contribution in [-0.2, 0) is 29.0 Å². The molecule has 206 valence electrons. The number of nitrogens with two attached hydrogens (primary N) is 1. The molecule has 1 aromatic carbocycles. The number of pyridine rings is 1. The maximum Gasteiger partial charge on any atom is 0.573 e. The number of alkyl halides is 3. The monoisotopic (exact) mass is 563 g/mol. The highest BCUT2D eigenvalue weighted by Crippen LogP contribution is 2.24. The molecule has 5 N–H and O–H groups in total. The second kappa shape index (κ2) is 13.1. The number of rotatable bonds is 12. The van der Waals surface area contributed by atoms with E-state index < -0.39 is 12.3 Å². The van der Waals surface area contributed by atoms with E-state index >= 15 is 0 Å². The van der Waals surface area contributed by atoms with Crippen LogP contribution in [0.25, 0.3) is 0 Å². The van der Waals surface area contributed by atoms with Crippen molar-refractivity contribution in [3.05, 3.63) is 76.8 Å². The van der Waals surface area contributed by atoms with E-state index in [1.807, 2.05) is 17.1 Å². The smallest absolute Gasteiger partial charge is 0.406 e. The molecule has 0 saturated carbocycles. The summed E-state index contributed by atoms with van der Waals surface area (Å²) >= 11 is 1.24. The second-order valence-corrected chi connectivity index (χ2v) is 9.54. The Kier molecular flexibility index (Phi) is 9.40. The summed E-state index contributed by atoms with van der Waals surface area (Å²) in [5.74, 6) is -0.992. The number of ether oxygens (including phenoxy) is 1. The number of hydrazine groups is 1. The molecule has 1 aliphatic rings. The van der Waals surface area contributed by atoms with Gasteiger partial charge in [0, 0.05) is 31.9 Å². The molecule has 0 bridgehead atoms. The number of aromatic nitrogens is 3. The third-order valence-corrected chi connectivity index (χ3v) is 6.27. The first-order valence-electron chi connectivity index (χ1n) is 12.0. The Morgan fingerprint density at radius 3 is 2.77 bits per heavy atom. The van der Waals surface area contributed by atoms with Crippen molar-refractivity contribution in [3.8, 4) is 5.75 Å². The highest BCUT2D eigenvalue weighted by atomic mass is 32.1. The van der Waals surface area contributed by atoms with E-state index in [2.05, 4.69) is 36.1 Å². The summed E-state index contributed by atoms with van der Waals surface area (Å²) in [6.07, 6.45) is 2.47. The van der Waals surface area contributed by atoms with Gasteiger partial charge in [0.05, 0.1) is 12.6 Å². The summed E-state index contributed by atoms with van der Waals surface area (Å²) in [6, 6.07) is 8.96. The molecule has 0 atom stereocenters. The number of aryl methyl sites for hydroxylation is 1. The lowest BCUT2D eigenvalue weighted by Gasteiger charge is -2.10. The van der Waals surface area contributed by atoms with E-state index in [1.165, 1.54) is 35.6 Å². The number of unbranched alkanes of at least 4 members (excludes halogenated alkanes) is 1. The molecule has 15 heteroatoms. The number of amides is 2. The minimum atomic E-state index is -4.80. The van der Waals surface area contributed by atoms with Gasteiger partial charge in [-0.15, -0.1) is 23.4 Å². The number of benzene rings is 1. The summed E-state index contributed by atoms with van der Waals surface area (Å²) in [7, 11) is 0. The maximum absolute atomic E-state index is 12.4. The lowest BCUT2D eigenvalue weighted by molar-refractivity contribution is -0.671. The number of anilines is 1. The molecule has 2 aromatic heterocycles. The molecule has 0 aliphatic carbocycles. The Labute approximate surface area is 225 Å². The zero-order chi connectivity index (χ0) is 27.7. The average Bonchev–Trinajstić information content (AvgIpc) is 3.54. The molecule has 3 aromatic rings. The Hall–Kier alpha value is -4.08. The maximum atomic E-state index is 12.4. The van der Waals surface area contributed by atoms with E-state index in [0.29, 0.717) is 35.9 Å². The molecule has 1 aliphatic heterocycles. The molecule has 0 fully saturated rings. The van der Waals surface area contributed by atoms with E-state index in [4.69, 9.17) is 0 Å². The third kappa shape index (κ3) is 9.31. The topological polar surface area (TPSA) is 138 Å². The number of nitrogens with one attached hydrogen (secondary N) is 3. The molecule has 39 heavy (non-hydrogen) atoms. The molecular weight excluding hydrogens is 537 g/mol. The standard InChI is InChI=1S/C24H25F3N8O3S/c25-24(26,27)38-18-7-3-5-16(11-18)12-20(36)30-23-33-32-21(39-23)8-1-2-10-35-15-19(31-34-35)22(37)29-14-17-6-4-9-28-13-17/h3-7,9,11,13,15,31,34H,1-2,8,10,12,14H2,(H,29,37)(H,30,33,36)/p+1. The van der Waals surface area contributed by atoms with Crippen LogP contribution in [0.2, 0.25) is 0 Å². The Balaban J connectivity index is 1.14. The molecule has 4 rings (SSSR count). The van der Waals surface area contributed by atoms with Crippen LogP contribution in [0.1, 0.15) is 29.0 Å². The van der Waals surface area contributed by atoms with Crippen molar-refractivity contribution < 1.29 is 32.9 Å². The number of nitrogens with zero attached hydrogens (tertiary/aromatic N) is 4. The van der Waals surface area contributed by atoms with Crippen LogP contribution in [0.3, 0.4) is 0 Å². The third-order valence-electron chi connectivity index (χ3n) is 5.37. The van der Waals surface area contributed by atoms with Crippen LogP contribution >= 0.6 is 11.3 Å². The molecule has 2 amide bonds. The van der Waals surface area contributed by atoms with E-state index in [-0.39, 0.29) is 18.1 Å². The number of carbonyl (C=O) groups excluding carboxylic acids is 2.